The highest BCUT2D eigenvalue weighted by atomic mass is 16.3. The molecule has 0 aliphatic carbocycles. The maximum Gasteiger partial charge on any atom is 0.270 e. The number of rotatable bonds is 2. The smallest absolute Gasteiger partial charge is 0.270 e. The highest BCUT2D eigenvalue weighted by Crippen LogP contribution is 2.16. The van der Waals surface area contributed by atoms with Gasteiger partial charge in [0.05, 0.1) is 0 Å². The van der Waals surface area contributed by atoms with Crippen LogP contribution in [0.2, 0.25) is 0 Å². The van der Waals surface area contributed by atoms with Crippen molar-refractivity contribution in [1.82, 2.24) is 10.3 Å². The molecule has 2 aliphatic heterocycles. The zero-order valence-corrected chi connectivity index (χ0v) is 8.98. The van der Waals surface area contributed by atoms with Crippen molar-refractivity contribution in [3.05, 3.63) is 0 Å². The molecule has 0 spiro atoms. The first-order valence-corrected chi connectivity index (χ1v) is 5.46. The monoisotopic (exact) mass is 225 g/mol. The molecule has 0 aromatic heterocycles. The molecule has 0 aromatic rings. The van der Waals surface area contributed by atoms with E-state index in [1.165, 1.54) is 0 Å². The van der Waals surface area contributed by atoms with E-state index in [-0.39, 0.29) is 24.3 Å². The lowest BCUT2D eigenvalue weighted by Crippen LogP contribution is -2.39. The Morgan fingerprint density at radius 2 is 2.38 bits per heavy atom. The fraction of sp³-hybridized carbons (Fsp3) is 0.700. The first-order valence-electron chi connectivity index (χ1n) is 5.46. The molecule has 2 aliphatic rings. The standard InChI is InChI=1S/C10H15N3O3/c14-6-7-3-4-13(5-7)10(16)8-1-2-9(15)12-11-8/h7,14H,1-6H2,(H,12,15). The summed E-state index contributed by atoms with van der Waals surface area (Å²) in [6.45, 7) is 1.37. The molecule has 2 heterocycles. The number of carbonyl (C=O) groups excluding carboxylic acids is 2. The number of amides is 2. The predicted octanol–water partition coefficient (Wildman–Crippen LogP) is -0.907. The maximum atomic E-state index is 11.9. The van der Waals surface area contributed by atoms with Crippen molar-refractivity contribution < 1.29 is 14.7 Å². The van der Waals surface area contributed by atoms with Crippen LogP contribution in [-0.2, 0) is 9.59 Å². The summed E-state index contributed by atoms with van der Waals surface area (Å²) < 4.78 is 0. The van der Waals surface area contributed by atoms with Crippen LogP contribution in [0, 0.1) is 5.92 Å². The average Bonchev–Trinajstić information content (AvgIpc) is 2.77. The summed E-state index contributed by atoms with van der Waals surface area (Å²) in [5.74, 6) is -0.0788. The third-order valence-corrected chi connectivity index (χ3v) is 2.98. The van der Waals surface area contributed by atoms with E-state index in [1.54, 1.807) is 4.90 Å². The van der Waals surface area contributed by atoms with Crippen molar-refractivity contribution in [3.63, 3.8) is 0 Å². The highest BCUT2D eigenvalue weighted by molar-refractivity contribution is 6.39. The van der Waals surface area contributed by atoms with Crippen molar-refractivity contribution in [2.24, 2.45) is 11.0 Å². The minimum absolute atomic E-state index is 0.115. The van der Waals surface area contributed by atoms with Gasteiger partial charge < -0.3 is 10.0 Å². The van der Waals surface area contributed by atoms with Gasteiger partial charge in [-0.3, -0.25) is 9.59 Å². The number of hydrazone groups is 1. The van der Waals surface area contributed by atoms with Gasteiger partial charge in [0.2, 0.25) is 5.91 Å². The topological polar surface area (TPSA) is 82.0 Å². The molecule has 2 N–H and O–H groups in total. The Balaban J connectivity index is 1.95. The predicted molar refractivity (Wildman–Crippen MR) is 56.6 cm³/mol. The van der Waals surface area contributed by atoms with Crippen molar-refractivity contribution in [3.8, 4) is 0 Å². The van der Waals surface area contributed by atoms with Crippen molar-refractivity contribution in [2.45, 2.75) is 19.3 Å². The highest BCUT2D eigenvalue weighted by Gasteiger charge is 2.29. The summed E-state index contributed by atoms with van der Waals surface area (Å²) in [5.41, 5.74) is 2.73. The van der Waals surface area contributed by atoms with Gasteiger partial charge in [-0.15, -0.1) is 0 Å². The Labute approximate surface area is 93.3 Å². The number of likely N-dealkylation sites (tertiary alicyclic amines) is 1. The molecule has 0 bridgehead atoms. The molecule has 16 heavy (non-hydrogen) atoms. The van der Waals surface area contributed by atoms with Gasteiger partial charge in [0.15, 0.2) is 0 Å². The summed E-state index contributed by atoms with van der Waals surface area (Å²) in [7, 11) is 0. The molecule has 6 heteroatoms. The zero-order chi connectivity index (χ0) is 11.5. The second-order valence-corrected chi connectivity index (χ2v) is 4.18. The molecule has 1 atom stereocenters. The van der Waals surface area contributed by atoms with Crippen LogP contribution in [0.25, 0.3) is 0 Å². The SMILES string of the molecule is O=C1CCC(C(=O)N2CCC(CO)C2)=NN1. The Kier molecular flexibility index (Phi) is 3.19. The summed E-state index contributed by atoms with van der Waals surface area (Å²) in [6, 6.07) is 0. The minimum atomic E-state index is -0.147. The van der Waals surface area contributed by atoms with Crippen LogP contribution in [0.4, 0.5) is 0 Å². The van der Waals surface area contributed by atoms with Crippen LogP contribution in [0.1, 0.15) is 19.3 Å². The largest absolute Gasteiger partial charge is 0.396 e. The van der Waals surface area contributed by atoms with E-state index in [2.05, 4.69) is 10.5 Å². The Hall–Kier alpha value is -1.43. The Bertz CT molecular complexity index is 340. The molecule has 1 saturated heterocycles. The second-order valence-electron chi connectivity index (χ2n) is 4.18. The lowest BCUT2D eigenvalue weighted by Gasteiger charge is -2.19. The number of hydrogen-bond acceptors (Lipinski definition) is 4. The van der Waals surface area contributed by atoms with Crippen LogP contribution in [-0.4, -0.2) is 47.2 Å². The summed E-state index contributed by atoms with van der Waals surface area (Å²) in [5, 5.41) is 12.8. The molecule has 1 fully saturated rings. The Morgan fingerprint density at radius 3 is 2.94 bits per heavy atom. The molecule has 88 valence electrons. The first kappa shape index (κ1) is 11.1. The normalized spacial score (nSPS) is 25.3. The summed E-state index contributed by atoms with van der Waals surface area (Å²) in [6.07, 6.45) is 1.56. The Morgan fingerprint density at radius 1 is 1.56 bits per heavy atom. The zero-order valence-electron chi connectivity index (χ0n) is 8.98. The van der Waals surface area contributed by atoms with E-state index in [0.717, 1.165) is 6.42 Å². The van der Waals surface area contributed by atoms with Gasteiger partial charge in [0, 0.05) is 38.5 Å². The van der Waals surface area contributed by atoms with Gasteiger partial charge in [-0.1, -0.05) is 0 Å². The van der Waals surface area contributed by atoms with E-state index in [4.69, 9.17) is 5.11 Å². The lowest BCUT2D eigenvalue weighted by atomic mass is 10.1. The molecule has 0 radical (unpaired) electrons. The lowest BCUT2D eigenvalue weighted by molar-refractivity contribution is -0.123. The molecule has 0 aromatic carbocycles. The number of nitrogens with zero attached hydrogens (tertiary/aromatic N) is 2. The van der Waals surface area contributed by atoms with Gasteiger partial charge in [0.25, 0.3) is 5.91 Å². The minimum Gasteiger partial charge on any atom is -0.396 e. The molecule has 2 rings (SSSR count). The number of nitrogens with one attached hydrogen (secondary N) is 1. The van der Waals surface area contributed by atoms with Crippen molar-refractivity contribution >= 4 is 17.5 Å². The molecular formula is C10H15N3O3. The third kappa shape index (κ3) is 2.21. The van der Waals surface area contributed by atoms with E-state index in [1.807, 2.05) is 0 Å². The van der Waals surface area contributed by atoms with Gasteiger partial charge in [0.1, 0.15) is 5.71 Å². The van der Waals surface area contributed by atoms with Crippen molar-refractivity contribution in [2.75, 3.05) is 19.7 Å². The van der Waals surface area contributed by atoms with E-state index in [0.29, 0.717) is 31.6 Å². The molecule has 6 nitrogen and oxygen atoms in total. The summed E-state index contributed by atoms with van der Waals surface area (Å²) in [4.78, 5) is 24.5. The number of hydrogen-bond donors (Lipinski definition) is 2. The van der Waals surface area contributed by atoms with Gasteiger partial charge in [-0.05, 0) is 6.42 Å². The second kappa shape index (κ2) is 4.61. The van der Waals surface area contributed by atoms with Gasteiger partial charge in [-0.25, -0.2) is 5.43 Å². The van der Waals surface area contributed by atoms with Crippen LogP contribution in [0.3, 0.4) is 0 Å². The van der Waals surface area contributed by atoms with Crippen LogP contribution < -0.4 is 5.43 Å². The van der Waals surface area contributed by atoms with Crippen molar-refractivity contribution in [1.29, 1.82) is 0 Å². The quantitative estimate of drug-likeness (QED) is 0.638. The van der Waals surface area contributed by atoms with E-state index >= 15 is 0 Å². The maximum absolute atomic E-state index is 11.9. The molecule has 1 unspecified atom stereocenters. The number of carbonyl (C=O) groups is 2. The van der Waals surface area contributed by atoms with Gasteiger partial charge >= 0.3 is 0 Å². The molecule has 2 amide bonds. The summed E-state index contributed by atoms with van der Waals surface area (Å²) >= 11 is 0. The number of aliphatic hydroxyl groups is 1. The van der Waals surface area contributed by atoms with Crippen LogP contribution >= 0.6 is 0 Å². The fourth-order valence-corrected chi connectivity index (χ4v) is 1.98. The fourth-order valence-electron chi connectivity index (χ4n) is 1.98. The first-order chi connectivity index (χ1) is 7.70. The average molecular weight is 225 g/mol. The molecule has 0 saturated carbocycles. The molecular weight excluding hydrogens is 210 g/mol. The van der Waals surface area contributed by atoms with E-state index < -0.39 is 0 Å². The van der Waals surface area contributed by atoms with Crippen LogP contribution in [0.15, 0.2) is 5.10 Å². The van der Waals surface area contributed by atoms with Crippen LogP contribution in [0.5, 0.6) is 0 Å². The van der Waals surface area contributed by atoms with Gasteiger partial charge in [-0.2, -0.15) is 5.10 Å². The number of aliphatic hydroxyl groups excluding tert-OH is 1. The third-order valence-electron chi connectivity index (χ3n) is 2.98. The van der Waals surface area contributed by atoms with E-state index in [9.17, 15) is 9.59 Å².